The summed E-state index contributed by atoms with van der Waals surface area (Å²) in [5.74, 6) is -0.173. The fraction of sp³-hybridized carbons (Fsp3) is 0.0714. The normalized spacial score (nSPS) is 10.3. The maximum Gasteiger partial charge on any atom is 0.256 e. The van der Waals surface area contributed by atoms with Crippen molar-refractivity contribution < 1.29 is 4.79 Å². The summed E-state index contributed by atoms with van der Waals surface area (Å²) in [4.78, 5) is 12.1. The molecule has 2 aromatic rings. The Balaban J connectivity index is 2.23. The number of nitrogens with one attached hydrogen (secondary N) is 1. The minimum absolute atomic E-state index is 0.173. The lowest BCUT2D eigenvalue weighted by Gasteiger charge is -2.08. The van der Waals surface area contributed by atoms with Crippen molar-refractivity contribution in [3.05, 3.63) is 56.5 Å². The summed E-state index contributed by atoms with van der Waals surface area (Å²) < 4.78 is 1.58. The number of carbonyl (C=O) groups excluding carboxylic acids is 1. The van der Waals surface area contributed by atoms with Crippen molar-refractivity contribution in [1.82, 2.24) is 0 Å². The lowest BCUT2D eigenvalue weighted by molar-refractivity contribution is 0.102. The highest BCUT2D eigenvalue weighted by molar-refractivity contribution is 9.11. The molecule has 0 aliphatic carbocycles. The van der Waals surface area contributed by atoms with Gasteiger partial charge in [0.15, 0.2) is 0 Å². The third kappa shape index (κ3) is 3.36. The van der Waals surface area contributed by atoms with Crippen LogP contribution in [-0.4, -0.2) is 5.91 Å². The first-order valence-electron chi connectivity index (χ1n) is 5.60. The fourth-order valence-corrected chi connectivity index (χ4v) is 2.54. The van der Waals surface area contributed by atoms with Gasteiger partial charge in [0.25, 0.3) is 5.91 Å². The lowest BCUT2D eigenvalue weighted by Crippen LogP contribution is -2.12. The number of aryl methyl sites for hydroxylation is 1. The van der Waals surface area contributed by atoms with E-state index in [1.807, 2.05) is 19.1 Å². The quantitative estimate of drug-likeness (QED) is 0.757. The third-order valence-electron chi connectivity index (χ3n) is 2.62. The summed E-state index contributed by atoms with van der Waals surface area (Å²) in [7, 11) is 0. The van der Waals surface area contributed by atoms with E-state index in [1.165, 1.54) is 0 Å². The first-order chi connectivity index (χ1) is 8.97. The SMILES string of the molecule is Cc1ccc(C(=O)Nc2ccc(Br)c(N)c2)c(Br)c1. The molecular weight excluding hydrogens is 372 g/mol. The van der Waals surface area contributed by atoms with Gasteiger partial charge in [-0.15, -0.1) is 0 Å². The second-order valence-electron chi connectivity index (χ2n) is 4.17. The summed E-state index contributed by atoms with van der Waals surface area (Å²) in [5, 5.41) is 2.82. The first-order valence-corrected chi connectivity index (χ1v) is 7.18. The molecule has 0 spiro atoms. The Labute approximate surface area is 128 Å². The van der Waals surface area contributed by atoms with Gasteiger partial charge in [-0.25, -0.2) is 0 Å². The minimum atomic E-state index is -0.173. The standard InChI is InChI=1S/C14H12Br2N2O/c1-8-2-4-10(12(16)6-8)14(19)18-9-3-5-11(15)13(17)7-9/h2-7H,17H2,1H3,(H,18,19). The van der Waals surface area contributed by atoms with Gasteiger partial charge in [0, 0.05) is 20.3 Å². The molecule has 3 nitrogen and oxygen atoms in total. The van der Waals surface area contributed by atoms with Gasteiger partial charge in [-0.3, -0.25) is 4.79 Å². The number of carbonyl (C=O) groups is 1. The number of halogens is 2. The van der Waals surface area contributed by atoms with Gasteiger partial charge in [-0.2, -0.15) is 0 Å². The average molecular weight is 384 g/mol. The Bertz CT molecular complexity index is 641. The molecule has 1 amide bonds. The van der Waals surface area contributed by atoms with Crippen molar-refractivity contribution >= 4 is 49.1 Å². The highest BCUT2D eigenvalue weighted by Crippen LogP contribution is 2.24. The highest BCUT2D eigenvalue weighted by Gasteiger charge is 2.10. The monoisotopic (exact) mass is 382 g/mol. The molecule has 0 aliphatic rings. The molecule has 0 bridgehead atoms. The number of rotatable bonds is 2. The van der Waals surface area contributed by atoms with E-state index < -0.39 is 0 Å². The van der Waals surface area contributed by atoms with Crippen LogP contribution in [-0.2, 0) is 0 Å². The van der Waals surface area contributed by atoms with Gasteiger partial charge in [-0.1, -0.05) is 6.07 Å². The van der Waals surface area contributed by atoms with Crippen LogP contribution in [0.15, 0.2) is 45.3 Å². The Morgan fingerprint density at radius 2 is 1.84 bits per heavy atom. The molecule has 0 heterocycles. The number of nitrogen functional groups attached to an aromatic ring is 1. The van der Waals surface area contributed by atoms with Crippen LogP contribution in [0.1, 0.15) is 15.9 Å². The van der Waals surface area contributed by atoms with E-state index in [-0.39, 0.29) is 5.91 Å². The summed E-state index contributed by atoms with van der Waals surface area (Å²) >= 11 is 6.71. The summed E-state index contributed by atoms with van der Waals surface area (Å²) in [6.07, 6.45) is 0. The highest BCUT2D eigenvalue weighted by atomic mass is 79.9. The molecule has 0 atom stereocenters. The Hall–Kier alpha value is -1.33. The largest absolute Gasteiger partial charge is 0.398 e. The second kappa shape index (κ2) is 5.75. The zero-order valence-electron chi connectivity index (χ0n) is 10.2. The molecule has 0 unspecified atom stereocenters. The van der Waals surface area contributed by atoms with Crippen LogP contribution in [0.25, 0.3) is 0 Å². The first kappa shape index (κ1) is 14.1. The second-order valence-corrected chi connectivity index (χ2v) is 5.88. The molecule has 3 N–H and O–H groups in total. The van der Waals surface area contributed by atoms with Crippen LogP contribution in [0.4, 0.5) is 11.4 Å². The van der Waals surface area contributed by atoms with Crippen LogP contribution in [0.2, 0.25) is 0 Å². The minimum Gasteiger partial charge on any atom is -0.398 e. The number of nitrogens with two attached hydrogens (primary N) is 1. The number of anilines is 2. The molecule has 0 aromatic heterocycles. The van der Waals surface area contributed by atoms with E-state index >= 15 is 0 Å². The van der Waals surface area contributed by atoms with E-state index in [1.54, 1.807) is 24.3 Å². The molecule has 0 saturated heterocycles. The summed E-state index contributed by atoms with van der Waals surface area (Å²) in [6, 6.07) is 10.9. The molecule has 0 saturated carbocycles. The van der Waals surface area contributed by atoms with Gasteiger partial charge >= 0.3 is 0 Å². The Morgan fingerprint density at radius 1 is 1.11 bits per heavy atom. The fourth-order valence-electron chi connectivity index (χ4n) is 1.62. The van der Waals surface area contributed by atoms with E-state index in [9.17, 15) is 4.79 Å². The van der Waals surface area contributed by atoms with Gasteiger partial charge in [0.05, 0.1) is 5.56 Å². The third-order valence-corrected chi connectivity index (χ3v) is 4.00. The predicted molar refractivity (Wildman–Crippen MR) is 85.4 cm³/mol. The summed E-state index contributed by atoms with van der Waals surface area (Å²) in [6.45, 7) is 1.97. The van der Waals surface area contributed by atoms with Crippen molar-refractivity contribution in [2.45, 2.75) is 6.92 Å². The number of amides is 1. The molecule has 19 heavy (non-hydrogen) atoms. The van der Waals surface area contributed by atoms with Crippen molar-refractivity contribution in [2.24, 2.45) is 0 Å². The van der Waals surface area contributed by atoms with Gasteiger partial charge < -0.3 is 11.1 Å². The lowest BCUT2D eigenvalue weighted by atomic mass is 10.1. The van der Waals surface area contributed by atoms with Gasteiger partial charge in [0.1, 0.15) is 0 Å². The molecule has 5 heteroatoms. The smallest absolute Gasteiger partial charge is 0.256 e. The topological polar surface area (TPSA) is 55.1 Å². The van der Waals surface area contributed by atoms with Gasteiger partial charge in [-0.05, 0) is 74.7 Å². The van der Waals surface area contributed by atoms with Gasteiger partial charge in [0.2, 0.25) is 0 Å². The van der Waals surface area contributed by atoms with E-state index in [2.05, 4.69) is 37.2 Å². The van der Waals surface area contributed by atoms with Crippen molar-refractivity contribution in [1.29, 1.82) is 0 Å². The zero-order chi connectivity index (χ0) is 14.0. The van der Waals surface area contributed by atoms with Crippen molar-refractivity contribution in [3.8, 4) is 0 Å². The maximum atomic E-state index is 12.1. The van der Waals surface area contributed by atoms with E-state index in [4.69, 9.17) is 5.73 Å². The average Bonchev–Trinajstić information content (AvgIpc) is 2.33. The van der Waals surface area contributed by atoms with E-state index in [0.29, 0.717) is 16.9 Å². The zero-order valence-corrected chi connectivity index (χ0v) is 13.4. The van der Waals surface area contributed by atoms with E-state index in [0.717, 1.165) is 14.5 Å². The molecule has 2 rings (SSSR count). The number of hydrogen-bond acceptors (Lipinski definition) is 2. The molecular formula is C14H12Br2N2O. The summed E-state index contributed by atoms with van der Waals surface area (Å²) in [5.41, 5.74) is 8.71. The number of hydrogen-bond donors (Lipinski definition) is 2. The Morgan fingerprint density at radius 3 is 2.47 bits per heavy atom. The van der Waals surface area contributed by atoms with Crippen LogP contribution < -0.4 is 11.1 Å². The van der Waals surface area contributed by atoms with Crippen LogP contribution >= 0.6 is 31.9 Å². The maximum absolute atomic E-state index is 12.1. The predicted octanol–water partition coefficient (Wildman–Crippen LogP) is 4.35. The van der Waals surface area contributed by atoms with Crippen LogP contribution in [0.5, 0.6) is 0 Å². The molecule has 2 aromatic carbocycles. The van der Waals surface area contributed by atoms with Crippen molar-refractivity contribution in [3.63, 3.8) is 0 Å². The molecule has 0 fully saturated rings. The molecule has 98 valence electrons. The molecule has 0 aliphatic heterocycles. The molecule has 0 radical (unpaired) electrons. The van der Waals surface area contributed by atoms with Crippen molar-refractivity contribution in [2.75, 3.05) is 11.1 Å². The Kier molecular flexibility index (Phi) is 4.27. The number of benzene rings is 2. The van der Waals surface area contributed by atoms with Crippen LogP contribution in [0.3, 0.4) is 0 Å². The van der Waals surface area contributed by atoms with Crippen LogP contribution in [0, 0.1) is 6.92 Å².